The fourth-order valence-electron chi connectivity index (χ4n) is 3.61. The highest BCUT2D eigenvalue weighted by Crippen LogP contribution is 2.38. The maximum Gasteiger partial charge on any atom is 0.275 e. The molecule has 36 heavy (non-hydrogen) atoms. The third kappa shape index (κ3) is 5.69. The zero-order valence-corrected chi connectivity index (χ0v) is 20.6. The Balaban J connectivity index is 1.78. The van der Waals surface area contributed by atoms with Crippen molar-refractivity contribution in [1.29, 1.82) is 0 Å². The number of aromatic nitrogens is 2. The number of hydrogen-bond donors (Lipinski definition) is 1. The van der Waals surface area contributed by atoms with E-state index in [1.54, 1.807) is 23.2 Å². The summed E-state index contributed by atoms with van der Waals surface area (Å²) in [5.74, 6) is 5.50. The molecule has 1 aliphatic heterocycles. The summed E-state index contributed by atoms with van der Waals surface area (Å²) >= 11 is 12.6. The van der Waals surface area contributed by atoms with Gasteiger partial charge in [-0.2, -0.15) is 5.10 Å². The lowest BCUT2D eigenvalue weighted by atomic mass is 10.1. The van der Waals surface area contributed by atoms with E-state index in [1.807, 2.05) is 24.3 Å². The second-order valence-corrected chi connectivity index (χ2v) is 8.56. The van der Waals surface area contributed by atoms with Gasteiger partial charge in [-0.05, 0) is 35.9 Å². The van der Waals surface area contributed by atoms with Gasteiger partial charge in [0.1, 0.15) is 0 Å². The van der Waals surface area contributed by atoms with Gasteiger partial charge in [0.05, 0.1) is 42.6 Å². The van der Waals surface area contributed by atoms with E-state index in [1.165, 1.54) is 4.68 Å². The number of carbonyl (C=O) groups excluding carboxylic acids is 1. The van der Waals surface area contributed by atoms with Crippen LogP contribution in [0, 0.1) is 25.0 Å². The summed E-state index contributed by atoms with van der Waals surface area (Å²) in [6, 6.07) is 12.2. The van der Waals surface area contributed by atoms with Gasteiger partial charge in [-0.15, -0.1) is 0 Å². The number of morpholine rings is 1. The highest BCUT2D eigenvalue weighted by Gasteiger charge is 2.27. The fraction of sp³-hybridized carbons (Fsp3) is 0.231. The summed E-state index contributed by atoms with van der Waals surface area (Å²) in [4.78, 5) is 20.2. The fourth-order valence-corrected chi connectivity index (χ4v) is 4.10. The summed E-state index contributed by atoms with van der Waals surface area (Å²) in [6.45, 7) is 17.2. The van der Waals surface area contributed by atoms with Crippen LogP contribution in [-0.2, 0) is 4.74 Å². The van der Waals surface area contributed by atoms with Crippen LogP contribution >= 0.6 is 23.2 Å². The van der Waals surface area contributed by atoms with E-state index < -0.39 is 5.91 Å². The van der Waals surface area contributed by atoms with E-state index in [0.29, 0.717) is 66.3 Å². The van der Waals surface area contributed by atoms with Crippen LogP contribution < -0.4 is 5.43 Å². The lowest BCUT2D eigenvalue weighted by molar-refractivity contribution is 0.0125. The number of carbonyl (C=O) groups is 1. The lowest BCUT2D eigenvalue weighted by Gasteiger charge is -2.26. The van der Waals surface area contributed by atoms with Crippen molar-refractivity contribution >= 4 is 34.8 Å². The number of ether oxygens (including phenoxy) is 1. The van der Waals surface area contributed by atoms with E-state index in [2.05, 4.69) is 32.1 Å². The standard InChI is InChI=1S/C26H20Cl2N6O2/c1-29-12-4-3-5-18-6-8-19(9-7-18)25-23(30-2)24(26(35)32-33-13-15-36-16-14-33)31-34(25)22-11-10-20(27)17-21(22)28/h6-11,17H,4,12-16H2,(H,32,35). The minimum Gasteiger partial charge on any atom is -0.379 e. The molecule has 0 aliphatic carbocycles. The number of nitrogens with one attached hydrogen (secondary N) is 1. The number of nitrogens with zero attached hydrogens (tertiary/aromatic N) is 5. The minimum atomic E-state index is -0.490. The molecular weight excluding hydrogens is 499 g/mol. The van der Waals surface area contributed by atoms with Crippen molar-refractivity contribution < 1.29 is 9.53 Å². The van der Waals surface area contributed by atoms with E-state index in [9.17, 15) is 4.79 Å². The van der Waals surface area contributed by atoms with Gasteiger partial charge in [0.25, 0.3) is 5.91 Å². The molecule has 3 aromatic rings. The third-order valence-corrected chi connectivity index (χ3v) is 5.87. The Hall–Kier alpha value is -3.84. The second-order valence-electron chi connectivity index (χ2n) is 7.72. The first-order valence-electron chi connectivity index (χ1n) is 11.0. The van der Waals surface area contributed by atoms with Crippen molar-refractivity contribution in [3.8, 4) is 28.8 Å². The molecule has 4 rings (SSSR count). The highest BCUT2D eigenvalue weighted by atomic mass is 35.5. The number of hydrogen-bond acceptors (Lipinski definition) is 4. The molecule has 1 aliphatic rings. The van der Waals surface area contributed by atoms with Crippen LogP contribution in [0.25, 0.3) is 26.6 Å². The van der Waals surface area contributed by atoms with Crippen molar-refractivity contribution in [2.45, 2.75) is 6.42 Å². The molecule has 0 saturated carbocycles. The molecule has 10 heteroatoms. The highest BCUT2D eigenvalue weighted by molar-refractivity contribution is 6.35. The first kappa shape index (κ1) is 25.3. The Labute approximate surface area is 219 Å². The minimum absolute atomic E-state index is 0.0134. The van der Waals surface area contributed by atoms with Gasteiger partial charge in [-0.1, -0.05) is 47.2 Å². The van der Waals surface area contributed by atoms with Gasteiger partial charge in [0, 0.05) is 23.7 Å². The summed E-state index contributed by atoms with van der Waals surface area (Å²) in [6.07, 6.45) is 0.497. The molecule has 2 aromatic carbocycles. The number of rotatable bonds is 5. The Bertz CT molecular complexity index is 1420. The number of amides is 1. The second kappa shape index (κ2) is 11.7. The molecule has 0 unspecified atom stereocenters. The third-order valence-electron chi connectivity index (χ3n) is 5.34. The Morgan fingerprint density at radius 3 is 2.56 bits per heavy atom. The van der Waals surface area contributed by atoms with E-state index in [4.69, 9.17) is 41.1 Å². The molecular formula is C26H20Cl2N6O2. The quantitative estimate of drug-likeness (QED) is 0.292. The van der Waals surface area contributed by atoms with Gasteiger partial charge >= 0.3 is 0 Å². The van der Waals surface area contributed by atoms with Crippen LogP contribution in [-0.4, -0.2) is 53.5 Å². The molecule has 0 bridgehead atoms. The lowest BCUT2D eigenvalue weighted by Crippen LogP contribution is -2.48. The van der Waals surface area contributed by atoms with E-state index >= 15 is 0 Å². The largest absolute Gasteiger partial charge is 0.379 e. The molecule has 180 valence electrons. The van der Waals surface area contributed by atoms with Crippen molar-refractivity contribution in [3.63, 3.8) is 0 Å². The molecule has 1 aromatic heterocycles. The zero-order chi connectivity index (χ0) is 25.5. The Morgan fingerprint density at radius 2 is 1.89 bits per heavy atom. The smallest absolute Gasteiger partial charge is 0.275 e. The predicted molar refractivity (Wildman–Crippen MR) is 138 cm³/mol. The number of benzene rings is 2. The Kier molecular flexibility index (Phi) is 8.23. The summed E-state index contributed by atoms with van der Waals surface area (Å²) in [7, 11) is 0. The number of halogens is 2. The first-order chi connectivity index (χ1) is 17.5. The van der Waals surface area contributed by atoms with Crippen molar-refractivity contribution in [1.82, 2.24) is 20.2 Å². The average molecular weight is 519 g/mol. The van der Waals surface area contributed by atoms with Gasteiger partial charge in [0.15, 0.2) is 5.69 Å². The molecule has 0 spiro atoms. The van der Waals surface area contributed by atoms with Crippen LogP contribution in [0.4, 0.5) is 5.69 Å². The molecule has 8 nitrogen and oxygen atoms in total. The summed E-state index contributed by atoms with van der Waals surface area (Å²) in [5.41, 5.74) is 5.25. The van der Waals surface area contributed by atoms with Crippen LogP contribution in [0.2, 0.25) is 10.0 Å². The molecule has 1 fully saturated rings. The van der Waals surface area contributed by atoms with Gasteiger partial charge in [-0.3, -0.25) is 10.2 Å². The van der Waals surface area contributed by atoms with Crippen molar-refractivity contribution in [3.05, 3.63) is 86.6 Å². The topological polar surface area (TPSA) is 68.1 Å². The van der Waals surface area contributed by atoms with Crippen LogP contribution in [0.5, 0.6) is 0 Å². The SMILES string of the molecule is [C-]#[N+]CCC#Cc1ccc(-c2c([N+]#[C-])c(C(=O)NN3CCOCC3)nn2-c2ccc(Cl)cc2Cl)cc1. The summed E-state index contributed by atoms with van der Waals surface area (Å²) in [5, 5.41) is 7.05. The first-order valence-corrected chi connectivity index (χ1v) is 11.8. The molecule has 1 N–H and O–H groups in total. The molecule has 0 radical (unpaired) electrons. The van der Waals surface area contributed by atoms with Crippen molar-refractivity contribution in [2.75, 3.05) is 32.8 Å². The number of hydrazine groups is 1. The van der Waals surface area contributed by atoms with Gasteiger partial charge in [-0.25, -0.2) is 21.1 Å². The van der Waals surface area contributed by atoms with E-state index in [0.717, 1.165) is 5.56 Å². The molecule has 2 heterocycles. The van der Waals surface area contributed by atoms with Crippen LogP contribution in [0.3, 0.4) is 0 Å². The molecule has 0 atom stereocenters. The van der Waals surface area contributed by atoms with Crippen molar-refractivity contribution in [2.24, 2.45) is 0 Å². The maximum absolute atomic E-state index is 13.2. The molecule has 1 amide bonds. The zero-order valence-electron chi connectivity index (χ0n) is 19.1. The van der Waals surface area contributed by atoms with E-state index in [-0.39, 0.29) is 11.4 Å². The van der Waals surface area contributed by atoms with Gasteiger partial charge in [0.2, 0.25) is 12.2 Å². The van der Waals surface area contributed by atoms with Crippen LogP contribution in [0.1, 0.15) is 22.5 Å². The molecule has 1 saturated heterocycles. The predicted octanol–water partition coefficient (Wildman–Crippen LogP) is 5.03. The van der Waals surface area contributed by atoms with Crippen LogP contribution in [0.15, 0.2) is 42.5 Å². The normalized spacial score (nSPS) is 13.2. The summed E-state index contributed by atoms with van der Waals surface area (Å²) < 4.78 is 6.83. The average Bonchev–Trinajstić information content (AvgIpc) is 3.27. The maximum atomic E-state index is 13.2. The Morgan fingerprint density at radius 1 is 1.14 bits per heavy atom. The monoisotopic (exact) mass is 518 g/mol. The van der Waals surface area contributed by atoms with Gasteiger partial charge < -0.3 is 9.58 Å².